The number of hydrogen-bond donors (Lipinski definition) is 0. The van der Waals surface area contributed by atoms with E-state index in [0.717, 1.165) is 18.0 Å². The van der Waals surface area contributed by atoms with Gasteiger partial charge in [0.1, 0.15) is 0 Å². The van der Waals surface area contributed by atoms with Gasteiger partial charge in [-0.2, -0.15) is 0 Å². The van der Waals surface area contributed by atoms with E-state index in [2.05, 4.69) is 44.9 Å². The predicted molar refractivity (Wildman–Crippen MR) is 95.6 cm³/mol. The molecule has 5 rings (SSSR count). The van der Waals surface area contributed by atoms with Crippen LogP contribution in [0, 0.1) is 34.5 Å². The van der Waals surface area contributed by atoms with E-state index in [9.17, 15) is 4.79 Å². The third-order valence-electron chi connectivity index (χ3n) is 8.86. The molecule has 1 aromatic rings. The second-order valence-electron chi connectivity index (χ2n) is 9.27. The van der Waals surface area contributed by atoms with Gasteiger partial charge in [0.15, 0.2) is 0 Å². The average molecular weight is 319 g/mol. The lowest BCUT2D eigenvalue weighted by molar-refractivity contribution is -0.122. The molecule has 1 aromatic carbocycles. The van der Waals surface area contributed by atoms with Crippen molar-refractivity contribution in [3.63, 3.8) is 0 Å². The fourth-order valence-electron chi connectivity index (χ4n) is 7.18. The van der Waals surface area contributed by atoms with Gasteiger partial charge >= 0.3 is 0 Å². The van der Waals surface area contributed by atoms with Gasteiger partial charge in [-0.05, 0) is 59.5 Å². The number of rotatable bonds is 1. The van der Waals surface area contributed by atoms with Gasteiger partial charge in [0.2, 0.25) is 5.91 Å². The van der Waals surface area contributed by atoms with Crippen LogP contribution in [0.3, 0.4) is 0 Å². The zero-order valence-electron chi connectivity index (χ0n) is 14.9. The number of anilines is 1. The molecule has 2 nitrogen and oxygen atoms in total. The van der Waals surface area contributed by atoms with Gasteiger partial charge < -0.3 is 0 Å². The summed E-state index contributed by atoms with van der Waals surface area (Å²) in [5, 5.41) is 0. The number of benzene rings is 1. The molecule has 0 radical (unpaired) electrons. The summed E-state index contributed by atoms with van der Waals surface area (Å²) in [4.78, 5) is 15.4. The summed E-state index contributed by atoms with van der Waals surface area (Å²) in [6.45, 7) is 7.73. The second-order valence-corrected chi connectivity index (χ2v) is 9.27. The minimum absolute atomic E-state index is 0.142. The summed E-state index contributed by atoms with van der Waals surface area (Å²) in [5.74, 6) is 3.71. The fourth-order valence-corrected chi connectivity index (χ4v) is 7.18. The summed E-state index contributed by atoms with van der Waals surface area (Å²) in [7, 11) is 0. The van der Waals surface area contributed by atoms with Gasteiger partial charge in [0.25, 0.3) is 0 Å². The number of carbonyl (C=O) groups excluding carboxylic acids is 1. The van der Waals surface area contributed by atoms with Crippen LogP contribution in [-0.4, -0.2) is 12.5 Å². The molecule has 2 heteroatoms. The normalized spacial score (nSPS) is 43.5. The van der Waals surface area contributed by atoms with Crippen molar-refractivity contribution in [3.05, 3.63) is 29.8 Å². The lowest BCUT2D eigenvalue weighted by Gasteiger charge is -2.42. The fraction of sp³-hybridized carbons (Fsp3) is 0.591. The maximum absolute atomic E-state index is 13.6. The number of nitrogens with zero attached hydrogens (tertiary/aromatic N) is 1. The Morgan fingerprint density at radius 1 is 1.29 bits per heavy atom. The smallest absolute Gasteiger partial charge is 0.239 e. The Bertz CT molecular complexity index is 818. The Balaban J connectivity index is 1.70. The Kier molecular flexibility index (Phi) is 2.37. The molecule has 0 saturated heterocycles. The molecule has 124 valence electrons. The third-order valence-corrected chi connectivity index (χ3v) is 8.86. The van der Waals surface area contributed by atoms with E-state index >= 15 is 0 Å². The summed E-state index contributed by atoms with van der Waals surface area (Å²) in [5.41, 5.74) is 2.71. The van der Waals surface area contributed by atoms with Crippen molar-refractivity contribution in [2.75, 3.05) is 11.4 Å². The highest BCUT2D eigenvalue weighted by molar-refractivity contribution is 6.12. The van der Waals surface area contributed by atoms with Crippen molar-refractivity contribution in [2.45, 2.75) is 51.9 Å². The van der Waals surface area contributed by atoms with Gasteiger partial charge in [0, 0.05) is 5.69 Å². The molecule has 4 aliphatic rings. The first-order valence-corrected chi connectivity index (χ1v) is 9.21. The highest BCUT2D eigenvalue weighted by atomic mass is 16.2. The first kappa shape index (κ1) is 14.6. The molecule has 3 fully saturated rings. The van der Waals surface area contributed by atoms with E-state index in [0.29, 0.717) is 12.0 Å². The van der Waals surface area contributed by atoms with Gasteiger partial charge in [-0.1, -0.05) is 44.9 Å². The monoisotopic (exact) mass is 319 g/mol. The Morgan fingerprint density at radius 3 is 2.67 bits per heavy atom. The number of hydrogen-bond acceptors (Lipinski definition) is 1. The molecule has 0 unspecified atom stereocenters. The van der Waals surface area contributed by atoms with E-state index in [4.69, 9.17) is 6.42 Å². The molecule has 2 bridgehead atoms. The largest absolute Gasteiger partial charge is 0.300 e. The summed E-state index contributed by atoms with van der Waals surface area (Å²) in [6.07, 6.45) is 10.4. The average Bonchev–Trinajstić information content (AvgIpc) is 3.05. The van der Waals surface area contributed by atoms with Crippen LogP contribution in [0.5, 0.6) is 0 Å². The number of para-hydroxylation sites is 1. The molecule has 2 spiro atoms. The predicted octanol–water partition coefficient (Wildman–Crippen LogP) is 4.14. The zero-order chi connectivity index (χ0) is 17.0. The van der Waals surface area contributed by atoms with Gasteiger partial charge in [-0.15, -0.1) is 6.42 Å². The highest BCUT2D eigenvalue weighted by Crippen LogP contribution is 2.88. The van der Waals surface area contributed by atoms with E-state index in [1.54, 1.807) is 0 Å². The van der Waals surface area contributed by atoms with E-state index in [1.807, 2.05) is 11.0 Å². The Hall–Kier alpha value is -1.75. The van der Waals surface area contributed by atoms with Crippen molar-refractivity contribution in [2.24, 2.45) is 22.2 Å². The van der Waals surface area contributed by atoms with Gasteiger partial charge in [-0.25, -0.2) is 0 Å². The number of amides is 1. The molecule has 3 saturated carbocycles. The SMILES string of the molecule is C#CCN1C(=O)[C@]2(C[C@@]23C[C@H]2CC[C@]3(C)C2(C)C)c2ccccc21. The van der Waals surface area contributed by atoms with Crippen molar-refractivity contribution < 1.29 is 4.79 Å². The van der Waals surface area contributed by atoms with Crippen molar-refractivity contribution in [1.29, 1.82) is 0 Å². The van der Waals surface area contributed by atoms with Crippen molar-refractivity contribution in [3.8, 4) is 12.3 Å². The molecule has 1 aliphatic heterocycles. The minimum atomic E-state index is -0.304. The standard InChI is InChI=1S/C22H25NO/c1-5-12-23-17-9-7-6-8-16(17)22(18(23)24)14-21(22)13-15-10-11-20(21,4)19(15,2)3/h1,6-9,15H,10-14H2,2-4H3/t15-,20-,21-,22+/m1/s1. The molecule has 24 heavy (non-hydrogen) atoms. The van der Waals surface area contributed by atoms with Gasteiger partial charge in [-0.3, -0.25) is 9.69 Å². The molecule has 0 N–H and O–H groups in total. The molecular formula is C22H25NO. The van der Waals surface area contributed by atoms with Crippen molar-refractivity contribution >= 4 is 11.6 Å². The molecule has 3 aliphatic carbocycles. The number of fused-ring (bicyclic) bond motifs is 6. The second kappa shape index (κ2) is 3.90. The summed E-state index contributed by atoms with van der Waals surface area (Å²) < 4.78 is 0. The molecular weight excluding hydrogens is 294 g/mol. The lowest BCUT2D eigenvalue weighted by Crippen LogP contribution is -2.42. The minimum Gasteiger partial charge on any atom is -0.300 e. The highest BCUT2D eigenvalue weighted by Gasteiger charge is 2.87. The molecule has 4 atom stereocenters. The first-order valence-electron chi connectivity index (χ1n) is 9.21. The molecule has 0 aromatic heterocycles. The van der Waals surface area contributed by atoms with E-state index in [-0.39, 0.29) is 22.2 Å². The molecule has 1 heterocycles. The van der Waals surface area contributed by atoms with Gasteiger partial charge in [0.05, 0.1) is 12.0 Å². The number of terminal acetylenes is 1. The summed E-state index contributed by atoms with van der Waals surface area (Å²) in [6, 6.07) is 8.36. The summed E-state index contributed by atoms with van der Waals surface area (Å²) >= 11 is 0. The third kappa shape index (κ3) is 1.17. The van der Waals surface area contributed by atoms with E-state index in [1.165, 1.54) is 24.8 Å². The topological polar surface area (TPSA) is 20.3 Å². The van der Waals surface area contributed by atoms with Crippen LogP contribution in [0.2, 0.25) is 0 Å². The van der Waals surface area contributed by atoms with E-state index < -0.39 is 0 Å². The Labute approximate surface area is 144 Å². The van der Waals surface area contributed by atoms with Crippen LogP contribution >= 0.6 is 0 Å². The van der Waals surface area contributed by atoms with Crippen LogP contribution < -0.4 is 4.90 Å². The van der Waals surface area contributed by atoms with Crippen LogP contribution in [-0.2, 0) is 10.2 Å². The van der Waals surface area contributed by atoms with Crippen LogP contribution in [0.1, 0.15) is 52.0 Å². The lowest BCUT2D eigenvalue weighted by atomic mass is 9.61. The first-order chi connectivity index (χ1) is 11.4. The van der Waals surface area contributed by atoms with Crippen LogP contribution in [0.4, 0.5) is 5.69 Å². The quantitative estimate of drug-likeness (QED) is 0.712. The van der Waals surface area contributed by atoms with Crippen LogP contribution in [0.25, 0.3) is 0 Å². The van der Waals surface area contributed by atoms with Crippen LogP contribution in [0.15, 0.2) is 24.3 Å². The van der Waals surface area contributed by atoms with Crippen molar-refractivity contribution in [1.82, 2.24) is 0 Å². The zero-order valence-corrected chi connectivity index (χ0v) is 14.9. The molecule has 1 amide bonds. The maximum atomic E-state index is 13.6. The number of carbonyl (C=O) groups is 1. The maximum Gasteiger partial charge on any atom is 0.239 e. The Morgan fingerprint density at radius 2 is 2.04 bits per heavy atom.